The van der Waals surface area contributed by atoms with Crippen molar-refractivity contribution >= 4 is 5.69 Å². The second-order valence-electron chi connectivity index (χ2n) is 5.18. The summed E-state index contributed by atoms with van der Waals surface area (Å²) >= 11 is 0. The SMILES string of the molecule is C[C@@H]1CCCC[C@H]1NCc1cccc([N+](=O)[O-])c1. The minimum atomic E-state index is -0.341. The zero-order valence-corrected chi connectivity index (χ0v) is 10.8. The number of benzene rings is 1. The highest BCUT2D eigenvalue weighted by molar-refractivity contribution is 5.34. The molecule has 0 amide bonds. The first-order valence-electron chi connectivity index (χ1n) is 6.63. The maximum Gasteiger partial charge on any atom is 0.269 e. The number of hydrogen-bond acceptors (Lipinski definition) is 3. The van der Waals surface area contributed by atoms with Gasteiger partial charge in [-0.15, -0.1) is 0 Å². The van der Waals surface area contributed by atoms with Crippen molar-refractivity contribution in [1.29, 1.82) is 0 Å². The van der Waals surface area contributed by atoms with Gasteiger partial charge in [0.25, 0.3) is 5.69 Å². The summed E-state index contributed by atoms with van der Waals surface area (Å²) in [6.45, 7) is 3.00. The first-order valence-corrected chi connectivity index (χ1v) is 6.63. The van der Waals surface area contributed by atoms with E-state index in [1.807, 2.05) is 6.07 Å². The highest BCUT2D eigenvalue weighted by Gasteiger charge is 2.20. The maximum atomic E-state index is 10.7. The molecule has 1 aromatic rings. The van der Waals surface area contributed by atoms with Crippen LogP contribution in [0.1, 0.15) is 38.2 Å². The lowest BCUT2D eigenvalue weighted by atomic mass is 9.86. The van der Waals surface area contributed by atoms with Crippen molar-refractivity contribution in [3.05, 3.63) is 39.9 Å². The van der Waals surface area contributed by atoms with Crippen LogP contribution < -0.4 is 5.32 Å². The molecule has 0 unspecified atom stereocenters. The van der Waals surface area contributed by atoms with Gasteiger partial charge in [-0.25, -0.2) is 0 Å². The molecule has 98 valence electrons. The van der Waals surface area contributed by atoms with Gasteiger partial charge < -0.3 is 5.32 Å². The van der Waals surface area contributed by atoms with Gasteiger partial charge >= 0.3 is 0 Å². The van der Waals surface area contributed by atoms with Gasteiger partial charge in [0.2, 0.25) is 0 Å². The molecule has 1 aromatic carbocycles. The fourth-order valence-corrected chi connectivity index (χ4v) is 2.65. The summed E-state index contributed by atoms with van der Waals surface area (Å²) < 4.78 is 0. The van der Waals surface area contributed by atoms with Crippen LogP contribution in [0.4, 0.5) is 5.69 Å². The highest BCUT2D eigenvalue weighted by Crippen LogP contribution is 2.24. The van der Waals surface area contributed by atoms with Crippen molar-refractivity contribution in [2.75, 3.05) is 0 Å². The number of nitrogens with one attached hydrogen (secondary N) is 1. The average Bonchev–Trinajstić information content (AvgIpc) is 2.38. The van der Waals surface area contributed by atoms with Crippen molar-refractivity contribution in [3.63, 3.8) is 0 Å². The molecule has 2 atom stereocenters. The number of non-ortho nitro benzene ring substituents is 1. The molecule has 1 N–H and O–H groups in total. The molecular weight excluding hydrogens is 228 g/mol. The van der Waals surface area contributed by atoms with E-state index in [1.54, 1.807) is 12.1 Å². The standard InChI is InChI=1S/C14H20N2O2/c1-11-5-2-3-8-14(11)15-10-12-6-4-7-13(9-12)16(17)18/h4,6-7,9,11,14-15H,2-3,5,8,10H2,1H3/t11-,14-/m1/s1. The van der Waals surface area contributed by atoms with Gasteiger partial charge in [-0.2, -0.15) is 0 Å². The third kappa shape index (κ3) is 3.29. The Morgan fingerprint density at radius 3 is 2.89 bits per heavy atom. The molecule has 0 aliphatic heterocycles. The maximum absolute atomic E-state index is 10.7. The monoisotopic (exact) mass is 248 g/mol. The van der Waals surface area contributed by atoms with Crippen LogP contribution in [0.25, 0.3) is 0 Å². The zero-order valence-electron chi connectivity index (χ0n) is 10.8. The average molecular weight is 248 g/mol. The summed E-state index contributed by atoms with van der Waals surface area (Å²) in [6.07, 6.45) is 5.12. The van der Waals surface area contributed by atoms with Gasteiger partial charge in [0.15, 0.2) is 0 Å². The van der Waals surface area contributed by atoms with Crippen LogP contribution in [-0.2, 0) is 6.54 Å². The molecule has 0 aromatic heterocycles. The topological polar surface area (TPSA) is 55.2 Å². The van der Waals surface area contributed by atoms with E-state index >= 15 is 0 Å². The van der Waals surface area contributed by atoms with E-state index in [4.69, 9.17) is 0 Å². The van der Waals surface area contributed by atoms with Crippen molar-refractivity contribution < 1.29 is 4.92 Å². The summed E-state index contributed by atoms with van der Waals surface area (Å²) in [5.74, 6) is 0.706. The predicted molar refractivity (Wildman–Crippen MR) is 71.4 cm³/mol. The first kappa shape index (κ1) is 13.0. The predicted octanol–water partition coefficient (Wildman–Crippen LogP) is 3.26. The molecule has 1 fully saturated rings. The highest BCUT2D eigenvalue weighted by atomic mass is 16.6. The molecule has 0 saturated heterocycles. The summed E-state index contributed by atoms with van der Waals surface area (Å²) in [5, 5.41) is 14.2. The molecule has 0 radical (unpaired) electrons. The quantitative estimate of drug-likeness (QED) is 0.657. The second-order valence-corrected chi connectivity index (χ2v) is 5.18. The zero-order chi connectivity index (χ0) is 13.0. The van der Waals surface area contributed by atoms with Crippen molar-refractivity contribution in [1.82, 2.24) is 5.32 Å². The Kier molecular flexibility index (Phi) is 4.31. The summed E-state index contributed by atoms with van der Waals surface area (Å²) in [7, 11) is 0. The van der Waals surface area contributed by atoms with E-state index in [0.717, 1.165) is 12.1 Å². The third-order valence-electron chi connectivity index (χ3n) is 3.80. The molecule has 1 aliphatic carbocycles. The number of hydrogen-bond donors (Lipinski definition) is 1. The van der Waals surface area contributed by atoms with Crippen molar-refractivity contribution in [3.8, 4) is 0 Å². The number of nitrogens with zero attached hydrogens (tertiary/aromatic N) is 1. The Morgan fingerprint density at radius 2 is 2.17 bits per heavy atom. The Labute approximate surface area is 108 Å². The van der Waals surface area contributed by atoms with Crippen molar-refractivity contribution in [2.45, 2.75) is 45.2 Å². The lowest BCUT2D eigenvalue weighted by Gasteiger charge is -2.29. The lowest BCUT2D eigenvalue weighted by molar-refractivity contribution is -0.384. The van der Waals surface area contributed by atoms with Gasteiger partial charge in [0, 0.05) is 24.7 Å². The molecule has 0 heterocycles. The molecule has 0 bridgehead atoms. The molecule has 18 heavy (non-hydrogen) atoms. The second kappa shape index (κ2) is 5.96. The smallest absolute Gasteiger partial charge is 0.269 e. The summed E-state index contributed by atoms with van der Waals surface area (Å²) in [5.41, 5.74) is 1.16. The Balaban J connectivity index is 1.93. The molecular formula is C14H20N2O2. The molecule has 0 spiro atoms. The number of rotatable bonds is 4. The Bertz CT molecular complexity index is 420. The molecule has 1 saturated carbocycles. The normalized spacial score (nSPS) is 23.8. The molecule has 1 aliphatic rings. The van der Waals surface area contributed by atoms with E-state index in [1.165, 1.54) is 31.7 Å². The van der Waals surface area contributed by atoms with Crippen LogP contribution in [0.2, 0.25) is 0 Å². The molecule has 4 heteroatoms. The summed E-state index contributed by atoms with van der Waals surface area (Å²) in [6, 6.07) is 7.43. The van der Waals surface area contributed by atoms with Crippen molar-refractivity contribution in [2.24, 2.45) is 5.92 Å². The van der Waals surface area contributed by atoms with Gasteiger partial charge in [-0.3, -0.25) is 10.1 Å². The molecule has 4 nitrogen and oxygen atoms in total. The Morgan fingerprint density at radius 1 is 1.39 bits per heavy atom. The van der Waals surface area contributed by atoms with E-state index in [9.17, 15) is 10.1 Å². The van der Waals surface area contributed by atoms with Crippen LogP contribution in [-0.4, -0.2) is 11.0 Å². The Hall–Kier alpha value is -1.42. The van der Waals surface area contributed by atoms with Gasteiger partial charge in [0.05, 0.1) is 4.92 Å². The van der Waals surface area contributed by atoms with Gasteiger partial charge in [-0.05, 0) is 24.3 Å². The van der Waals surface area contributed by atoms with Crippen LogP contribution in [0.3, 0.4) is 0 Å². The van der Waals surface area contributed by atoms with E-state index < -0.39 is 0 Å². The summed E-state index contributed by atoms with van der Waals surface area (Å²) in [4.78, 5) is 10.4. The van der Waals surface area contributed by atoms with E-state index in [-0.39, 0.29) is 10.6 Å². The fraction of sp³-hybridized carbons (Fsp3) is 0.571. The third-order valence-corrected chi connectivity index (χ3v) is 3.80. The van der Waals surface area contributed by atoms with Crippen LogP contribution >= 0.6 is 0 Å². The van der Waals surface area contributed by atoms with Gasteiger partial charge in [-0.1, -0.05) is 31.9 Å². The number of nitro groups is 1. The van der Waals surface area contributed by atoms with Crippen LogP contribution in [0, 0.1) is 16.0 Å². The minimum Gasteiger partial charge on any atom is -0.310 e. The fourth-order valence-electron chi connectivity index (χ4n) is 2.65. The lowest BCUT2D eigenvalue weighted by Crippen LogP contribution is -2.36. The van der Waals surface area contributed by atoms with E-state index in [0.29, 0.717) is 12.0 Å². The minimum absolute atomic E-state index is 0.172. The molecule has 2 rings (SSSR count). The van der Waals surface area contributed by atoms with Gasteiger partial charge in [0.1, 0.15) is 0 Å². The largest absolute Gasteiger partial charge is 0.310 e. The van der Waals surface area contributed by atoms with E-state index in [2.05, 4.69) is 12.2 Å². The van der Waals surface area contributed by atoms with Crippen LogP contribution in [0.5, 0.6) is 0 Å². The first-order chi connectivity index (χ1) is 8.66. The van der Waals surface area contributed by atoms with Crippen LogP contribution in [0.15, 0.2) is 24.3 Å². The number of nitro benzene ring substituents is 1.